The van der Waals surface area contributed by atoms with Crippen molar-refractivity contribution in [2.45, 2.75) is 59.0 Å². The lowest BCUT2D eigenvalue weighted by Crippen LogP contribution is -2.42. The van der Waals surface area contributed by atoms with E-state index >= 15 is 0 Å². The second-order valence-corrected chi connectivity index (χ2v) is 8.71. The largest absolute Gasteiger partial charge is 0.504 e. The second kappa shape index (κ2) is 7.50. The van der Waals surface area contributed by atoms with Crippen LogP contribution < -0.4 is 0 Å². The highest BCUT2D eigenvalue weighted by atomic mass is 16.5. The minimum Gasteiger partial charge on any atom is -0.504 e. The lowest BCUT2D eigenvalue weighted by atomic mass is 9.57. The van der Waals surface area contributed by atoms with E-state index < -0.39 is 5.97 Å². The molecule has 0 saturated heterocycles. The Kier molecular flexibility index (Phi) is 5.42. The van der Waals surface area contributed by atoms with Gasteiger partial charge in [0.2, 0.25) is 0 Å². The molecule has 1 aromatic carbocycles. The van der Waals surface area contributed by atoms with Crippen LogP contribution in [0.15, 0.2) is 48.1 Å². The van der Waals surface area contributed by atoms with Gasteiger partial charge in [-0.15, -0.1) is 0 Å². The number of phenolic OH excluding ortho intramolecular Hbond substituents is 2. The van der Waals surface area contributed by atoms with Gasteiger partial charge in [0.05, 0.1) is 0 Å². The molecule has 0 aliphatic heterocycles. The maximum Gasteiger partial charge on any atom is 0.331 e. The summed E-state index contributed by atoms with van der Waals surface area (Å²) in [6, 6.07) is 4.40. The Balaban J connectivity index is 1.70. The zero-order chi connectivity index (χ0) is 20.5. The Morgan fingerprint density at radius 3 is 2.68 bits per heavy atom. The predicted molar refractivity (Wildman–Crippen MR) is 111 cm³/mol. The highest BCUT2D eigenvalue weighted by Crippen LogP contribution is 2.59. The zero-order valence-corrected chi connectivity index (χ0v) is 17.0. The van der Waals surface area contributed by atoms with Gasteiger partial charge in [0, 0.05) is 6.08 Å². The quantitative estimate of drug-likeness (QED) is 0.312. The van der Waals surface area contributed by atoms with E-state index in [2.05, 4.69) is 26.5 Å². The van der Waals surface area contributed by atoms with Gasteiger partial charge < -0.3 is 14.9 Å². The van der Waals surface area contributed by atoms with Crippen molar-refractivity contribution in [2.24, 2.45) is 10.8 Å². The Hall–Kier alpha value is -2.49. The Morgan fingerprint density at radius 1 is 1.29 bits per heavy atom. The predicted octanol–water partition coefficient (Wildman–Crippen LogP) is 5.52. The van der Waals surface area contributed by atoms with Crippen molar-refractivity contribution in [3.05, 3.63) is 53.6 Å². The molecule has 2 aliphatic rings. The molecule has 2 aliphatic carbocycles. The fraction of sp³-hybridized carbons (Fsp3) is 0.458. The molecule has 1 fully saturated rings. The van der Waals surface area contributed by atoms with Crippen molar-refractivity contribution in [2.75, 3.05) is 0 Å². The third-order valence-electron chi connectivity index (χ3n) is 6.96. The van der Waals surface area contributed by atoms with Gasteiger partial charge in [0.15, 0.2) is 11.5 Å². The van der Waals surface area contributed by atoms with Crippen LogP contribution in [0.2, 0.25) is 0 Å². The number of ether oxygens (including phenoxy) is 1. The maximum absolute atomic E-state index is 12.4. The lowest BCUT2D eigenvalue weighted by Gasteiger charge is -2.49. The van der Waals surface area contributed by atoms with Gasteiger partial charge >= 0.3 is 5.97 Å². The minimum atomic E-state index is -0.412. The lowest BCUT2D eigenvalue weighted by molar-refractivity contribution is -0.143. The smallest absolute Gasteiger partial charge is 0.331 e. The molecule has 0 bridgehead atoms. The molecular formula is C24H30O4. The minimum absolute atomic E-state index is 0.0253. The average molecular weight is 383 g/mol. The first kappa shape index (κ1) is 20.2. The van der Waals surface area contributed by atoms with Gasteiger partial charge in [-0.2, -0.15) is 0 Å². The first-order chi connectivity index (χ1) is 13.1. The van der Waals surface area contributed by atoms with Crippen molar-refractivity contribution >= 4 is 12.0 Å². The van der Waals surface area contributed by atoms with Crippen LogP contribution in [-0.2, 0) is 9.53 Å². The summed E-state index contributed by atoms with van der Waals surface area (Å²) in [4.78, 5) is 12.4. The van der Waals surface area contributed by atoms with Crippen molar-refractivity contribution in [3.8, 4) is 11.5 Å². The molecule has 3 atom stereocenters. The van der Waals surface area contributed by atoms with Crippen molar-refractivity contribution < 1.29 is 19.7 Å². The molecule has 0 spiro atoms. The Morgan fingerprint density at radius 2 is 2.04 bits per heavy atom. The fourth-order valence-corrected chi connectivity index (χ4v) is 4.58. The maximum atomic E-state index is 12.4. The first-order valence-corrected chi connectivity index (χ1v) is 9.90. The average Bonchev–Trinajstić information content (AvgIpc) is 3.00. The molecule has 1 saturated carbocycles. The molecule has 1 aromatic rings. The molecule has 4 heteroatoms. The van der Waals surface area contributed by atoms with Crippen LogP contribution in [0.5, 0.6) is 11.5 Å². The van der Waals surface area contributed by atoms with E-state index in [9.17, 15) is 15.0 Å². The molecular weight excluding hydrogens is 352 g/mol. The standard InChI is InChI=1S/C24H30O4/c1-16-11-13-23(3,24(4)12-5-6-17(24)2)15-21(16)28-22(27)10-8-18-7-9-19(25)20(26)14-18/h7-11,14,21,25-26H,2,5-6,12-13,15H2,1,3-4H3/b10-8+/t21-,23-,24-/m0/s1. The van der Waals surface area contributed by atoms with Crippen LogP contribution in [-0.4, -0.2) is 22.3 Å². The van der Waals surface area contributed by atoms with Crippen molar-refractivity contribution in [1.29, 1.82) is 0 Å². The van der Waals surface area contributed by atoms with E-state index in [0.29, 0.717) is 5.56 Å². The van der Waals surface area contributed by atoms with Crippen LogP contribution in [0.4, 0.5) is 0 Å². The van der Waals surface area contributed by atoms with Crippen molar-refractivity contribution in [1.82, 2.24) is 0 Å². The van der Waals surface area contributed by atoms with E-state index in [4.69, 9.17) is 4.74 Å². The Bertz CT molecular complexity index is 850. The van der Waals surface area contributed by atoms with Crippen molar-refractivity contribution in [3.63, 3.8) is 0 Å². The number of allylic oxidation sites excluding steroid dienone is 2. The summed E-state index contributed by atoms with van der Waals surface area (Å²) in [5, 5.41) is 18.9. The molecule has 3 rings (SSSR count). The van der Waals surface area contributed by atoms with Gasteiger partial charge in [0.25, 0.3) is 0 Å². The van der Waals surface area contributed by atoms with Crippen LogP contribution in [0.3, 0.4) is 0 Å². The summed E-state index contributed by atoms with van der Waals surface area (Å²) < 4.78 is 5.78. The SMILES string of the molecule is C=C1CCC[C@]1(C)[C@@]1(C)CC=C(C)[C@@H](OC(=O)/C=C/c2ccc(O)c(O)c2)C1. The highest BCUT2D eigenvalue weighted by molar-refractivity contribution is 5.87. The molecule has 0 radical (unpaired) electrons. The number of esters is 1. The molecule has 4 nitrogen and oxygen atoms in total. The van der Waals surface area contributed by atoms with Crippen LogP contribution in [0.25, 0.3) is 6.08 Å². The summed E-state index contributed by atoms with van der Waals surface area (Å²) >= 11 is 0. The number of carbonyl (C=O) groups excluding carboxylic acids is 1. The zero-order valence-electron chi connectivity index (χ0n) is 17.0. The van der Waals surface area contributed by atoms with Crippen LogP contribution in [0, 0.1) is 10.8 Å². The molecule has 28 heavy (non-hydrogen) atoms. The van der Waals surface area contributed by atoms with Gasteiger partial charge in [-0.05, 0) is 79.2 Å². The molecule has 2 N–H and O–H groups in total. The summed E-state index contributed by atoms with van der Waals surface area (Å²) in [6.45, 7) is 11.0. The van der Waals surface area contributed by atoms with E-state index in [1.165, 1.54) is 30.2 Å². The number of aromatic hydroxyl groups is 2. The molecule has 0 heterocycles. The third-order valence-corrected chi connectivity index (χ3v) is 6.96. The van der Waals surface area contributed by atoms with Crippen LogP contribution in [0.1, 0.15) is 58.4 Å². The second-order valence-electron chi connectivity index (χ2n) is 8.71. The topological polar surface area (TPSA) is 66.8 Å². The van der Waals surface area contributed by atoms with E-state index in [-0.39, 0.29) is 28.4 Å². The van der Waals surface area contributed by atoms with Gasteiger partial charge in [-0.1, -0.05) is 38.1 Å². The number of rotatable bonds is 4. The van der Waals surface area contributed by atoms with Gasteiger partial charge in [-0.25, -0.2) is 4.79 Å². The molecule has 0 amide bonds. The van der Waals surface area contributed by atoms with Crippen LogP contribution >= 0.6 is 0 Å². The van der Waals surface area contributed by atoms with Gasteiger partial charge in [0.1, 0.15) is 6.10 Å². The Labute approximate surface area is 167 Å². The number of carbonyl (C=O) groups is 1. The van der Waals surface area contributed by atoms with E-state index in [0.717, 1.165) is 31.3 Å². The summed E-state index contributed by atoms with van der Waals surface area (Å²) in [7, 11) is 0. The number of hydrogen-bond acceptors (Lipinski definition) is 4. The van der Waals surface area contributed by atoms with E-state index in [1.807, 2.05) is 6.92 Å². The number of hydrogen-bond donors (Lipinski definition) is 2. The van der Waals surface area contributed by atoms with E-state index in [1.54, 1.807) is 12.1 Å². The summed E-state index contributed by atoms with van der Waals surface area (Å²) in [5.41, 5.74) is 3.13. The summed E-state index contributed by atoms with van der Waals surface area (Å²) in [5.74, 6) is -0.823. The first-order valence-electron chi connectivity index (χ1n) is 9.90. The van der Waals surface area contributed by atoms with Gasteiger partial charge in [-0.3, -0.25) is 0 Å². The molecule has 0 aromatic heterocycles. The molecule has 150 valence electrons. The molecule has 0 unspecified atom stereocenters. The highest BCUT2D eigenvalue weighted by Gasteiger charge is 2.50. The number of phenols is 2. The summed E-state index contributed by atoms with van der Waals surface area (Å²) in [6.07, 6.45) is 10.1. The number of benzene rings is 1. The third kappa shape index (κ3) is 3.73. The normalized spacial score (nSPS) is 30.5. The fourth-order valence-electron chi connectivity index (χ4n) is 4.58. The monoisotopic (exact) mass is 382 g/mol.